The Morgan fingerprint density at radius 1 is 1.05 bits per heavy atom. The van der Waals surface area contributed by atoms with Gasteiger partial charge in [0.1, 0.15) is 0 Å². The predicted octanol–water partition coefficient (Wildman–Crippen LogP) is -0.101. The lowest BCUT2D eigenvalue weighted by molar-refractivity contribution is -0.00000392. The molecule has 2 N–H and O–H groups in total. The Labute approximate surface area is 124 Å². The summed E-state index contributed by atoms with van der Waals surface area (Å²) in [6.07, 6.45) is 6.81. The number of H-pyrrole nitrogens is 1. The molecular weight excluding hydrogens is 270 g/mol. The summed E-state index contributed by atoms with van der Waals surface area (Å²) in [5.74, 6) is 0. The van der Waals surface area contributed by atoms with Crippen LogP contribution in [0.3, 0.4) is 0 Å². The average molecular weight is 287 g/mol. The number of aromatic nitrogens is 2. The number of hydrogen-bond donors (Lipinski definition) is 2. The Morgan fingerprint density at radius 2 is 1.85 bits per heavy atom. The van der Waals surface area contributed by atoms with Gasteiger partial charge in [-0.2, -0.15) is 0 Å². The third kappa shape index (κ3) is 3.38. The normalized spacial score (nSPS) is 10.4. The fourth-order valence-electron chi connectivity index (χ4n) is 2.29. The summed E-state index contributed by atoms with van der Waals surface area (Å²) in [5, 5.41) is 4.79. The second-order valence-electron chi connectivity index (χ2n) is 4.64. The number of pyridine rings is 1. The van der Waals surface area contributed by atoms with Gasteiger partial charge >= 0.3 is 0 Å². The molecule has 3 nitrogen and oxygen atoms in total. The summed E-state index contributed by atoms with van der Waals surface area (Å²) in [6, 6.07) is 12.5. The molecule has 0 saturated carbocycles. The third-order valence-electron chi connectivity index (χ3n) is 3.32. The van der Waals surface area contributed by atoms with Gasteiger partial charge in [-0.3, -0.25) is 4.98 Å². The van der Waals surface area contributed by atoms with Crippen molar-refractivity contribution in [3.63, 3.8) is 0 Å². The van der Waals surface area contributed by atoms with Crippen molar-refractivity contribution in [2.45, 2.75) is 13.0 Å². The molecule has 0 aliphatic carbocycles. The second kappa shape index (κ2) is 7.08. The second-order valence-corrected chi connectivity index (χ2v) is 4.64. The Bertz CT molecular complexity index is 649. The Morgan fingerprint density at radius 3 is 2.70 bits per heavy atom. The first-order chi connectivity index (χ1) is 9.43. The van der Waals surface area contributed by atoms with Crippen molar-refractivity contribution in [2.24, 2.45) is 0 Å². The molecule has 0 unspecified atom stereocenters. The largest absolute Gasteiger partial charge is 1.00 e. The van der Waals surface area contributed by atoms with E-state index in [4.69, 9.17) is 0 Å². The van der Waals surface area contributed by atoms with Crippen LogP contribution in [0.2, 0.25) is 0 Å². The molecule has 0 fully saturated rings. The molecule has 20 heavy (non-hydrogen) atoms. The van der Waals surface area contributed by atoms with E-state index >= 15 is 0 Å². The van der Waals surface area contributed by atoms with E-state index in [1.165, 1.54) is 22.0 Å². The first-order valence-electron chi connectivity index (χ1n) is 6.58. The zero-order chi connectivity index (χ0) is 12.9. The fourth-order valence-corrected chi connectivity index (χ4v) is 2.29. The van der Waals surface area contributed by atoms with Crippen molar-refractivity contribution in [3.8, 4) is 0 Å². The summed E-state index contributed by atoms with van der Waals surface area (Å²) in [4.78, 5) is 7.33. The SMILES string of the molecule is [Cl-].c1ccc2c(CCNCc3ccncc3)c[nH]c2c1. The van der Waals surface area contributed by atoms with E-state index in [0.29, 0.717) is 0 Å². The first-order valence-corrected chi connectivity index (χ1v) is 6.58. The van der Waals surface area contributed by atoms with E-state index in [1.807, 2.05) is 24.5 Å². The average Bonchev–Trinajstić information content (AvgIpc) is 2.88. The van der Waals surface area contributed by atoms with Gasteiger partial charge in [-0.15, -0.1) is 0 Å². The van der Waals surface area contributed by atoms with E-state index in [9.17, 15) is 0 Å². The monoisotopic (exact) mass is 286 g/mol. The van der Waals surface area contributed by atoms with Gasteiger partial charge in [-0.25, -0.2) is 0 Å². The molecule has 3 rings (SSSR count). The lowest BCUT2D eigenvalue weighted by atomic mass is 10.1. The van der Waals surface area contributed by atoms with Crippen LogP contribution in [0.5, 0.6) is 0 Å². The lowest BCUT2D eigenvalue weighted by Crippen LogP contribution is -3.00. The standard InChI is InChI=1S/C16H17N3.ClH/c1-2-4-16-15(3-1)14(12-19-16)7-10-18-11-13-5-8-17-9-6-13;/h1-6,8-9,12,18-19H,7,10-11H2;1H/p-1. The van der Waals surface area contributed by atoms with Crippen molar-refractivity contribution in [2.75, 3.05) is 6.54 Å². The highest BCUT2D eigenvalue weighted by Gasteiger charge is 2.01. The topological polar surface area (TPSA) is 40.7 Å². The number of hydrogen-bond acceptors (Lipinski definition) is 2. The summed E-state index contributed by atoms with van der Waals surface area (Å²) in [5.41, 5.74) is 3.86. The minimum absolute atomic E-state index is 0. The van der Waals surface area contributed by atoms with E-state index in [2.05, 4.69) is 45.7 Å². The van der Waals surface area contributed by atoms with Gasteiger partial charge in [0.05, 0.1) is 0 Å². The maximum absolute atomic E-state index is 4.02. The molecule has 1 aromatic carbocycles. The number of benzene rings is 1. The molecule has 0 spiro atoms. The molecule has 2 heterocycles. The first kappa shape index (κ1) is 14.6. The molecule has 0 amide bonds. The van der Waals surface area contributed by atoms with E-state index in [1.54, 1.807) is 0 Å². The number of fused-ring (bicyclic) bond motifs is 1. The van der Waals surface area contributed by atoms with E-state index in [-0.39, 0.29) is 12.4 Å². The van der Waals surface area contributed by atoms with Crippen LogP contribution < -0.4 is 17.7 Å². The number of para-hydroxylation sites is 1. The van der Waals surface area contributed by atoms with Gasteiger partial charge in [0.15, 0.2) is 0 Å². The highest BCUT2D eigenvalue weighted by Crippen LogP contribution is 2.17. The number of rotatable bonds is 5. The van der Waals surface area contributed by atoms with Gasteiger partial charge in [0.2, 0.25) is 0 Å². The third-order valence-corrected chi connectivity index (χ3v) is 3.32. The molecule has 0 radical (unpaired) electrons. The Kier molecular flexibility index (Phi) is 5.16. The summed E-state index contributed by atoms with van der Waals surface area (Å²) < 4.78 is 0. The fraction of sp³-hybridized carbons (Fsp3) is 0.188. The van der Waals surface area contributed by atoms with Crippen LogP contribution in [0.4, 0.5) is 0 Å². The zero-order valence-electron chi connectivity index (χ0n) is 11.1. The molecule has 0 aliphatic rings. The Balaban J connectivity index is 0.00000147. The van der Waals surface area contributed by atoms with Crippen molar-refractivity contribution in [1.29, 1.82) is 0 Å². The molecule has 0 bridgehead atoms. The van der Waals surface area contributed by atoms with Gasteiger partial charge in [0.25, 0.3) is 0 Å². The van der Waals surface area contributed by atoms with Crippen molar-refractivity contribution >= 4 is 10.9 Å². The Hall–Kier alpha value is -1.84. The minimum Gasteiger partial charge on any atom is -1.00 e. The predicted molar refractivity (Wildman–Crippen MR) is 77.9 cm³/mol. The smallest absolute Gasteiger partial charge is 0.0456 e. The highest BCUT2D eigenvalue weighted by atomic mass is 35.5. The van der Waals surface area contributed by atoms with Gasteiger partial charge in [0, 0.05) is 36.0 Å². The molecular formula is C16H17ClN3-. The molecule has 2 aromatic heterocycles. The van der Waals surface area contributed by atoms with Crippen molar-refractivity contribution in [3.05, 3.63) is 66.1 Å². The van der Waals surface area contributed by atoms with Gasteiger partial charge in [-0.05, 0) is 42.3 Å². The molecule has 104 valence electrons. The molecule has 4 heteroatoms. The highest BCUT2D eigenvalue weighted by molar-refractivity contribution is 5.83. The van der Waals surface area contributed by atoms with Crippen molar-refractivity contribution < 1.29 is 12.4 Å². The van der Waals surface area contributed by atoms with E-state index < -0.39 is 0 Å². The quantitative estimate of drug-likeness (QED) is 0.643. The van der Waals surface area contributed by atoms with Crippen LogP contribution in [0.15, 0.2) is 55.0 Å². The van der Waals surface area contributed by atoms with Crippen LogP contribution in [-0.4, -0.2) is 16.5 Å². The van der Waals surface area contributed by atoms with Gasteiger partial charge < -0.3 is 22.7 Å². The zero-order valence-corrected chi connectivity index (χ0v) is 11.9. The maximum Gasteiger partial charge on any atom is 0.0456 e. The maximum atomic E-state index is 4.02. The number of halogens is 1. The molecule has 3 aromatic rings. The van der Waals surface area contributed by atoms with Crippen LogP contribution in [-0.2, 0) is 13.0 Å². The van der Waals surface area contributed by atoms with Crippen LogP contribution in [0.25, 0.3) is 10.9 Å². The summed E-state index contributed by atoms with van der Waals surface area (Å²) in [6.45, 7) is 1.87. The molecule has 0 atom stereocenters. The van der Waals surface area contributed by atoms with Crippen LogP contribution >= 0.6 is 0 Å². The lowest BCUT2D eigenvalue weighted by Gasteiger charge is -2.04. The van der Waals surface area contributed by atoms with Crippen LogP contribution in [0.1, 0.15) is 11.1 Å². The van der Waals surface area contributed by atoms with Crippen LogP contribution in [0, 0.1) is 0 Å². The van der Waals surface area contributed by atoms with E-state index in [0.717, 1.165) is 19.5 Å². The minimum atomic E-state index is 0. The van der Waals surface area contributed by atoms with Crippen molar-refractivity contribution in [1.82, 2.24) is 15.3 Å². The molecule has 0 saturated heterocycles. The summed E-state index contributed by atoms with van der Waals surface area (Å²) >= 11 is 0. The number of nitrogens with zero attached hydrogens (tertiary/aromatic N) is 1. The summed E-state index contributed by atoms with van der Waals surface area (Å²) in [7, 11) is 0. The number of nitrogens with one attached hydrogen (secondary N) is 2. The number of aromatic amines is 1. The van der Waals surface area contributed by atoms with Gasteiger partial charge in [-0.1, -0.05) is 18.2 Å². The molecule has 0 aliphatic heterocycles.